The first-order valence-corrected chi connectivity index (χ1v) is 4.10. The van der Waals surface area contributed by atoms with Gasteiger partial charge in [0.15, 0.2) is 5.78 Å². The van der Waals surface area contributed by atoms with E-state index in [0.29, 0.717) is 0 Å². The Labute approximate surface area is 83.5 Å². The molecule has 0 saturated heterocycles. The molecule has 0 aliphatic heterocycles. The number of carbonyl (C=O) groups excluding carboxylic acids is 1. The van der Waals surface area contributed by atoms with Crippen molar-refractivity contribution < 1.29 is 18.0 Å². The molecule has 0 radical (unpaired) electrons. The Bertz CT molecular complexity index is 377. The predicted octanol–water partition coefficient (Wildman–Crippen LogP) is 3.62. The lowest BCUT2D eigenvalue weighted by molar-refractivity contribution is 0.101. The Morgan fingerprint density at radius 3 is 2.43 bits per heavy atom. The van der Waals surface area contributed by atoms with Crippen molar-refractivity contribution in [3.63, 3.8) is 0 Å². The maximum absolute atomic E-state index is 13.0. The van der Waals surface area contributed by atoms with E-state index in [2.05, 4.69) is 0 Å². The average Bonchev–Trinajstić information content (AvgIpc) is 2.02. The van der Waals surface area contributed by atoms with Gasteiger partial charge in [-0.05, 0) is 19.1 Å². The number of carbonyl (C=O) groups is 1. The van der Waals surface area contributed by atoms with E-state index in [1.165, 1.54) is 0 Å². The maximum atomic E-state index is 13.0. The number of alkyl halides is 2. The van der Waals surface area contributed by atoms with Gasteiger partial charge in [-0.15, -0.1) is 0 Å². The van der Waals surface area contributed by atoms with Crippen molar-refractivity contribution in [3.05, 3.63) is 34.1 Å². The number of hydrogen-bond acceptors (Lipinski definition) is 1. The molecule has 0 aliphatic carbocycles. The molecule has 0 fully saturated rings. The molecule has 0 aromatic heterocycles. The zero-order valence-corrected chi connectivity index (χ0v) is 7.91. The van der Waals surface area contributed by atoms with Crippen molar-refractivity contribution in [2.45, 2.75) is 13.3 Å². The van der Waals surface area contributed by atoms with Crippen molar-refractivity contribution in [2.75, 3.05) is 0 Å². The number of rotatable bonds is 2. The Kier molecular flexibility index (Phi) is 3.16. The van der Waals surface area contributed by atoms with Gasteiger partial charge in [0.1, 0.15) is 5.82 Å². The number of Topliss-reactive ketones (excluding diaryl/α,β-unsaturated/α-hetero) is 1. The molecule has 0 unspecified atom stereocenters. The van der Waals surface area contributed by atoms with E-state index in [1.807, 2.05) is 0 Å². The standard InChI is InChI=1S/C9H6ClF3O/c1-4(14)7-6(11)3-2-5(8(7)10)9(12)13/h2-3,9H,1H3. The highest BCUT2D eigenvalue weighted by Crippen LogP contribution is 2.31. The lowest BCUT2D eigenvalue weighted by Crippen LogP contribution is -2.01. The summed E-state index contributed by atoms with van der Waals surface area (Å²) in [4.78, 5) is 10.9. The van der Waals surface area contributed by atoms with Crippen LogP contribution in [-0.4, -0.2) is 5.78 Å². The molecule has 1 nitrogen and oxygen atoms in total. The molecular weight excluding hydrogens is 217 g/mol. The summed E-state index contributed by atoms with van der Waals surface area (Å²) in [7, 11) is 0. The van der Waals surface area contributed by atoms with Crippen LogP contribution in [0.25, 0.3) is 0 Å². The van der Waals surface area contributed by atoms with Crippen LogP contribution in [-0.2, 0) is 0 Å². The lowest BCUT2D eigenvalue weighted by atomic mass is 10.1. The zero-order valence-electron chi connectivity index (χ0n) is 7.15. The normalized spacial score (nSPS) is 10.7. The number of halogens is 4. The summed E-state index contributed by atoms with van der Waals surface area (Å²) < 4.78 is 37.6. The number of hydrogen-bond donors (Lipinski definition) is 0. The molecule has 0 aliphatic rings. The molecule has 5 heteroatoms. The van der Waals surface area contributed by atoms with Gasteiger partial charge < -0.3 is 0 Å². The first-order chi connectivity index (χ1) is 6.45. The third kappa shape index (κ3) is 1.90. The van der Waals surface area contributed by atoms with E-state index in [0.717, 1.165) is 19.1 Å². The molecule has 0 spiro atoms. The summed E-state index contributed by atoms with van der Waals surface area (Å²) in [5, 5.41) is -0.507. The van der Waals surface area contributed by atoms with Gasteiger partial charge in [-0.1, -0.05) is 11.6 Å². The molecule has 0 amide bonds. The van der Waals surface area contributed by atoms with Crippen LogP contribution in [0.5, 0.6) is 0 Å². The van der Waals surface area contributed by atoms with Crippen LogP contribution in [0.1, 0.15) is 29.3 Å². The molecule has 0 heterocycles. The fraction of sp³-hybridized carbons (Fsp3) is 0.222. The average molecular weight is 223 g/mol. The summed E-state index contributed by atoms with van der Waals surface area (Å²) in [6.45, 7) is 1.07. The largest absolute Gasteiger partial charge is 0.294 e. The minimum atomic E-state index is -2.82. The van der Waals surface area contributed by atoms with Gasteiger partial charge in [0.05, 0.1) is 10.6 Å². The van der Waals surface area contributed by atoms with Crippen LogP contribution in [0.3, 0.4) is 0 Å². The van der Waals surface area contributed by atoms with E-state index in [4.69, 9.17) is 11.6 Å². The molecule has 76 valence electrons. The van der Waals surface area contributed by atoms with Crippen LogP contribution < -0.4 is 0 Å². The zero-order chi connectivity index (χ0) is 10.9. The summed E-state index contributed by atoms with van der Waals surface area (Å²) in [5.41, 5.74) is -1.01. The SMILES string of the molecule is CC(=O)c1c(F)ccc(C(F)F)c1Cl. The highest BCUT2D eigenvalue weighted by Gasteiger charge is 2.20. The van der Waals surface area contributed by atoms with Gasteiger partial charge in [-0.3, -0.25) is 4.79 Å². The molecule has 0 atom stereocenters. The fourth-order valence-electron chi connectivity index (χ4n) is 1.06. The van der Waals surface area contributed by atoms with Crippen molar-refractivity contribution in [3.8, 4) is 0 Å². The minimum absolute atomic E-state index is 0.482. The summed E-state index contributed by atoms with van der Waals surface area (Å²) in [6.07, 6.45) is -2.82. The molecule has 1 rings (SSSR count). The molecule has 1 aromatic carbocycles. The van der Waals surface area contributed by atoms with Gasteiger partial charge >= 0.3 is 0 Å². The maximum Gasteiger partial charge on any atom is 0.265 e. The van der Waals surface area contributed by atoms with Gasteiger partial charge in [0.2, 0.25) is 0 Å². The first-order valence-electron chi connectivity index (χ1n) is 3.72. The Morgan fingerprint density at radius 2 is 2.00 bits per heavy atom. The van der Waals surface area contributed by atoms with Crippen LogP contribution in [0.15, 0.2) is 12.1 Å². The van der Waals surface area contributed by atoms with Crippen molar-refractivity contribution in [1.29, 1.82) is 0 Å². The van der Waals surface area contributed by atoms with Gasteiger partial charge in [0.25, 0.3) is 6.43 Å². The van der Waals surface area contributed by atoms with Crippen LogP contribution in [0.4, 0.5) is 13.2 Å². The van der Waals surface area contributed by atoms with E-state index in [1.54, 1.807) is 0 Å². The number of benzene rings is 1. The Morgan fingerprint density at radius 1 is 1.43 bits per heavy atom. The molecular formula is C9H6ClF3O. The van der Waals surface area contributed by atoms with E-state index < -0.39 is 34.2 Å². The highest BCUT2D eigenvalue weighted by atomic mass is 35.5. The van der Waals surface area contributed by atoms with Crippen LogP contribution in [0.2, 0.25) is 5.02 Å². The summed E-state index contributed by atoms with van der Waals surface area (Å²) in [5.74, 6) is -1.55. The van der Waals surface area contributed by atoms with Crippen LogP contribution >= 0.6 is 11.6 Å². The smallest absolute Gasteiger partial charge is 0.265 e. The minimum Gasteiger partial charge on any atom is -0.294 e. The second-order valence-electron chi connectivity index (χ2n) is 2.68. The van der Waals surface area contributed by atoms with Crippen LogP contribution in [0, 0.1) is 5.82 Å². The van der Waals surface area contributed by atoms with Crippen molar-refractivity contribution in [1.82, 2.24) is 0 Å². The molecule has 0 N–H and O–H groups in total. The third-order valence-electron chi connectivity index (χ3n) is 1.71. The Hall–Kier alpha value is -1.03. The van der Waals surface area contributed by atoms with Crippen molar-refractivity contribution >= 4 is 17.4 Å². The first kappa shape index (κ1) is 11.0. The third-order valence-corrected chi connectivity index (χ3v) is 2.12. The van der Waals surface area contributed by atoms with Gasteiger partial charge in [-0.25, -0.2) is 13.2 Å². The van der Waals surface area contributed by atoms with E-state index >= 15 is 0 Å². The lowest BCUT2D eigenvalue weighted by Gasteiger charge is -2.07. The number of ketones is 1. The fourth-order valence-corrected chi connectivity index (χ4v) is 1.43. The molecule has 1 aromatic rings. The topological polar surface area (TPSA) is 17.1 Å². The summed E-state index contributed by atoms with van der Waals surface area (Å²) >= 11 is 5.46. The second-order valence-corrected chi connectivity index (χ2v) is 3.06. The van der Waals surface area contributed by atoms with E-state index in [9.17, 15) is 18.0 Å². The van der Waals surface area contributed by atoms with Crippen molar-refractivity contribution in [2.24, 2.45) is 0 Å². The summed E-state index contributed by atoms with van der Waals surface area (Å²) in [6, 6.07) is 1.68. The monoisotopic (exact) mass is 222 g/mol. The van der Waals surface area contributed by atoms with Gasteiger partial charge in [0, 0.05) is 5.56 Å². The molecule has 0 saturated carbocycles. The quantitative estimate of drug-likeness (QED) is 0.699. The predicted molar refractivity (Wildman–Crippen MR) is 46.4 cm³/mol. The second kappa shape index (κ2) is 4.00. The van der Waals surface area contributed by atoms with Gasteiger partial charge in [-0.2, -0.15) is 0 Å². The highest BCUT2D eigenvalue weighted by molar-refractivity contribution is 6.34. The Balaban J connectivity index is 3.41. The molecule has 0 bridgehead atoms. The molecule has 14 heavy (non-hydrogen) atoms. The van der Waals surface area contributed by atoms with E-state index in [-0.39, 0.29) is 0 Å².